The molecule has 0 unspecified atom stereocenters. The molecule has 2 fully saturated rings. The standard InChI is InChI=1S/C30H45N7O5/c31-30(32)34-18-11-14-22-26(39)28(41)33-17-9-3-1-2-7-16-25(38)35-23(20-21-12-5-4-6-13-21)29(42)37-19-10-8-15-24(37)27(40)36-22/h4-6,12-13,22-24H,1-3,7-11,14-20H2,(H,33,41)(H,35,38)(H,36,40)(H4,31,32,34)/t22-,23+,24-/m1/s1. The fourth-order valence-corrected chi connectivity index (χ4v) is 5.41. The summed E-state index contributed by atoms with van der Waals surface area (Å²) in [6, 6.07) is 6.68. The van der Waals surface area contributed by atoms with Gasteiger partial charge in [-0.2, -0.15) is 0 Å². The molecule has 4 amide bonds. The summed E-state index contributed by atoms with van der Waals surface area (Å²) in [6.45, 7) is 0.923. The largest absolute Gasteiger partial charge is 0.370 e. The molecule has 0 aromatic heterocycles. The summed E-state index contributed by atoms with van der Waals surface area (Å²) < 4.78 is 0. The third-order valence-corrected chi connectivity index (χ3v) is 7.67. The average molecular weight is 584 g/mol. The van der Waals surface area contributed by atoms with Gasteiger partial charge < -0.3 is 32.3 Å². The van der Waals surface area contributed by atoms with Crippen molar-refractivity contribution in [1.82, 2.24) is 20.9 Å². The predicted octanol–water partition coefficient (Wildman–Crippen LogP) is 0.673. The van der Waals surface area contributed by atoms with Crippen LogP contribution in [0.1, 0.15) is 76.2 Å². The highest BCUT2D eigenvalue weighted by atomic mass is 16.2. The second-order valence-electron chi connectivity index (χ2n) is 11.0. The Bertz CT molecular complexity index is 1110. The first-order valence-electron chi connectivity index (χ1n) is 15.1. The van der Waals surface area contributed by atoms with E-state index in [2.05, 4.69) is 20.9 Å². The average Bonchev–Trinajstić information content (AvgIpc) is 2.98. The van der Waals surface area contributed by atoms with E-state index in [0.29, 0.717) is 58.0 Å². The van der Waals surface area contributed by atoms with Crippen LogP contribution in [0, 0.1) is 0 Å². The molecule has 0 bridgehead atoms. The van der Waals surface area contributed by atoms with Crippen LogP contribution in [0.25, 0.3) is 0 Å². The number of fused-ring (bicyclic) bond motifs is 1. The van der Waals surface area contributed by atoms with Crippen molar-refractivity contribution in [1.29, 1.82) is 0 Å². The van der Waals surface area contributed by atoms with Crippen LogP contribution in [0.5, 0.6) is 0 Å². The SMILES string of the molecule is NC(N)=NCCC[C@H]1NC(=O)[C@H]2CCCCN2C(=O)[C@H](Cc2ccccc2)NC(=O)CCCCCCCNC(=O)C1=O. The maximum Gasteiger partial charge on any atom is 0.289 e. The lowest BCUT2D eigenvalue weighted by Gasteiger charge is -2.37. The molecular formula is C30H45N7O5. The molecule has 3 rings (SSSR count). The third-order valence-electron chi connectivity index (χ3n) is 7.67. The molecule has 1 aromatic rings. The van der Waals surface area contributed by atoms with Crippen LogP contribution in [-0.2, 0) is 30.4 Å². The Balaban J connectivity index is 1.85. The monoisotopic (exact) mass is 583 g/mol. The molecular weight excluding hydrogens is 538 g/mol. The Kier molecular flexibility index (Phi) is 13.3. The number of nitrogens with one attached hydrogen (secondary N) is 3. The van der Waals surface area contributed by atoms with E-state index in [1.54, 1.807) is 0 Å². The van der Waals surface area contributed by atoms with Gasteiger partial charge in [0.2, 0.25) is 23.5 Å². The van der Waals surface area contributed by atoms with Crippen LogP contribution in [-0.4, -0.2) is 78.0 Å². The highest BCUT2D eigenvalue weighted by molar-refractivity contribution is 6.38. The minimum absolute atomic E-state index is 0.0860. The van der Waals surface area contributed by atoms with Gasteiger partial charge in [-0.15, -0.1) is 0 Å². The number of rotatable bonds is 6. The summed E-state index contributed by atoms with van der Waals surface area (Å²) in [5.41, 5.74) is 11.7. The van der Waals surface area contributed by atoms with E-state index in [1.165, 1.54) is 4.90 Å². The summed E-state index contributed by atoms with van der Waals surface area (Å²) >= 11 is 0. The zero-order chi connectivity index (χ0) is 30.3. The van der Waals surface area contributed by atoms with Gasteiger partial charge in [0.15, 0.2) is 5.96 Å². The molecule has 12 nitrogen and oxygen atoms in total. The fourth-order valence-electron chi connectivity index (χ4n) is 5.41. The highest BCUT2D eigenvalue weighted by Crippen LogP contribution is 2.20. The first-order valence-corrected chi connectivity index (χ1v) is 15.1. The lowest BCUT2D eigenvalue weighted by Crippen LogP contribution is -2.59. The Labute approximate surface area is 247 Å². The molecule has 0 spiro atoms. The van der Waals surface area contributed by atoms with Crippen LogP contribution in [0.4, 0.5) is 0 Å². The van der Waals surface area contributed by atoms with E-state index < -0.39 is 35.7 Å². The van der Waals surface area contributed by atoms with Crippen molar-refractivity contribution >= 4 is 35.4 Å². The topological polar surface area (TPSA) is 189 Å². The minimum Gasteiger partial charge on any atom is -0.370 e. The summed E-state index contributed by atoms with van der Waals surface area (Å²) in [5.74, 6) is -2.61. The summed E-state index contributed by atoms with van der Waals surface area (Å²) in [7, 11) is 0. The van der Waals surface area contributed by atoms with Gasteiger partial charge in [-0.25, -0.2) is 0 Å². The third kappa shape index (κ3) is 10.5. The number of ketones is 1. The van der Waals surface area contributed by atoms with E-state index in [1.807, 2.05) is 30.3 Å². The molecule has 12 heteroatoms. The number of piperidine rings is 1. The maximum atomic E-state index is 13.9. The van der Waals surface area contributed by atoms with Crippen LogP contribution in [0.3, 0.4) is 0 Å². The Morgan fingerprint density at radius 1 is 0.881 bits per heavy atom. The second-order valence-corrected chi connectivity index (χ2v) is 11.0. The number of benzene rings is 1. The van der Waals surface area contributed by atoms with Crippen LogP contribution < -0.4 is 27.4 Å². The molecule has 1 aromatic carbocycles. The van der Waals surface area contributed by atoms with E-state index in [0.717, 1.165) is 31.2 Å². The number of hydrogen-bond acceptors (Lipinski definition) is 6. The van der Waals surface area contributed by atoms with Crippen molar-refractivity contribution in [2.24, 2.45) is 16.5 Å². The van der Waals surface area contributed by atoms with E-state index in [9.17, 15) is 24.0 Å². The van der Waals surface area contributed by atoms with E-state index in [-0.39, 0.29) is 30.7 Å². The summed E-state index contributed by atoms with van der Waals surface area (Å²) in [6.07, 6.45) is 6.87. The molecule has 2 saturated heterocycles. The molecule has 3 atom stereocenters. The highest BCUT2D eigenvalue weighted by Gasteiger charge is 2.38. The second kappa shape index (κ2) is 17.1. The molecule has 0 radical (unpaired) electrons. The molecule has 0 saturated carbocycles. The number of amides is 4. The van der Waals surface area contributed by atoms with Gasteiger partial charge in [0, 0.05) is 32.5 Å². The Morgan fingerprint density at radius 3 is 2.38 bits per heavy atom. The molecule has 42 heavy (non-hydrogen) atoms. The Hall–Kier alpha value is -3.96. The van der Waals surface area contributed by atoms with Crippen molar-refractivity contribution in [2.45, 2.75) is 95.2 Å². The zero-order valence-corrected chi connectivity index (χ0v) is 24.3. The maximum absolute atomic E-state index is 13.9. The van der Waals surface area contributed by atoms with Gasteiger partial charge in [0.05, 0.1) is 6.04 Å². The van der Waals surface area contributed by atoms with Crippen LogP contribution >= 0.6 is 0 Å². The number of hydrogen-bond donors (Lipinski definition) is 5. The molecule has 2 aliphatic heterocycles. The zero-order valence-electron chi connectivity index (χ0n) is 24.3. The summed E-state index contributed by atoms with van der Waals surface area (Å²) in [5, 5.41) is 8.35. The van der Waals surface area contributed by atoms with Gasteiger partial charge in [-0.3, -0.25) is 29.0 Å². The molecule has 0 aliphatic carbocycles. The van der Waals surface area contributed by atoms with Gasteiger partial charge >= 0.3 is 0 Å². The number of Topliss-reactive ketones (excluding diaryl/α,β-unsaturated/α-hetero) is 1. The molecule has 230 valence electrons. The fraction of sp³-hybridized carbons (Fsp3) is 0.600. The predicted molar refractivity (Wildman–Crippen MR) is 159 cm³/mol. The van der Waals surface area contributed by atoms with E-state index >= 15 is 0 Å². The normalized spacial score (nSPS) is 23.8. The van der Waals surface area contributed by atoms with E-state index in [4.69, 9.17) is 11.5 Å². The van der Waals surface area contributed by atoms with Gasteiger partial charge in [-0.05, 0) is 50.5 Å². The van der Waals surface area contributed by atoms with Crippen LogP contribution in [0.2, 0.25) is 0 Å². The van der Waals surface area contributed by atoms with Gasteiger partial charge in [0.1, 0.15) is 12.1 Å². The Morgan fingerprint density at radius 2 is 1.62 bits per heavy atom. The van der Waals surface area contributed by atoms with Crippen molar-refractivity contribution in [3.8, 4) is 0 Å². The first-order chi connectivity index (χ1) is 20.3. The summed E-state index contributed by atoms with van der Waals surface area (Å²) in [4.78, 5) is 71.8. The lowest BCUT2D eigenvalue weighted by atomic mass is 9.97. The van der Waals surface area contributed by atoms with Crippen LogP contribution in [0.15, 0.2) is 35.3 Å². The number of guanidine groups is 1. The number of nitrogens with two attached hydrogens (primary N) is 2. The van der Waals surface area contributed by atoms with Crippen molar-refractivity contribution in [2.75, 3.05) is 19.6 Å². The number of carbonyl (C=O) groups excluding carboxylic acids is 5. The molecule has 2 aliphatic rings. The number of carbonyl (C=O) groups is 5. The minimum atomic E-state index is -1.09. The number of aliphatic imine (C=N–C) groups is 1. The smallest absolute Gasteiger partial charge is 0.289 e. The number of nitrogens with zero attached hydrogens (tertiary/aromatic N) is 2. The lowest BCUT2D eigenvalue weighted by molar-refractivity contribution is -0.146. The van der Waals surface area contributed by atoms with Crippen molar-refractivity contribution < 1.29 is 24.0 Å². The van der Waals surface area contributed by atoms with Crippen molar-refractivity contribution in [3.63, 3.8) is 0 Å². The molecule has 2 heterocycles. The van der Waals surface area contributed by atoms with Crippen molar-refractivity contribution in [3.05, 3.63) is 35.9 Å². The van der Waals surface area contributed by atoms with Gasteiger partial charge in [0.25, 0.3) is 5.91 Å². The quantitative estimate of drug-likeness (QED) is 0.141. The molecule has 7 N–H and O–H groups in total. The van der Waals surface area contributed by atoms with Gasteiger partial charge in [-0.1, -0.05) is 49.6 Å². The first kappa shape index (κ1) is 32.6.